The maximum atomic E-state index is 13.5. The Morgan fingerprint density at radius 2 is 1.95 bits per heavy atom. The normalized spacial score (nSPS) is 10.9. The summed E-state index contributed by atoms with van der Waals surface area (Å²) in [6.45, 7) is 1.91. The van der Waals surface area contributed by atoms with E-state index in [1.54, 1.807) is 18.2 Å². The van der Waals surface area contributed by atoms with Crippen LogP contribution in [-0.2, 0) is 0 Å². The van der Waals surface area contributed by atoms with E-state index in [9.17, 15) is 4.39 Å². The van der Waals surface area contributed by atoms with Gasteiger partial charge in [0, 0.05) is 10.6 Å². The maximum Gasteiger partial charge on any atom is 0.133 e. The zero-order valence-corrected chi connectivity index (χ0v) is 11.6. The Kier molecular flexibility index (Phi) is 4.40. The standard InChI is InChI=1S/C14H11Cl2FN2/c1-9-5-6-10(7-13(9)16)19-18-8-11-12(15)3-2-4-14(11)17/h2-8,19H,1H3/b18-8-. The number of nitrogens with zero attached hydrogens (tertiary/aromatic N) is 1. The Labute approximate surface area is 120 Å². The first-order chi connectivity index (χ1) is 9.08. The SMILES string of the molecule is Cc1ccc(N/N=C\c2c(F)cccc2Cl)cc1Cl. The first kappa shape index (κ1) is 13.8. The summed E-state index contributed by atoms with van der Waals surface area (Å²) in [5.41, 5.74) is 4.72. The van der Waals surface area contributed by atoms with E-state index >= 15 is 0 Å². The summed E-state index contributed by atoms with van der Waals surface area (Å²) in [7, 11) is 0. The van der Waals surface area contributed by atoms with Gasteiger partial charge in [0.1, 0.15) is 5.82 Å². The van der Waals surface area contributed by atoms with Crippen molar-refractivity contribution in [2.45, 2.75) is 6.92 Å². The highest BCUT2D eigenvalue weighted by Gasteiger charge is 2.03. The molecule has 0 aliphatic heterocycles. The molecule has 0 radical (unpaired) electrons. The van der Waals surface area contributed by atoms with Gasteiger partial charge in [0.15, 0.2) is 0 Å². The van der Waals surface area contributed by atoms with E-state index in [0.717, 1.165) is 11.3 Å². The van der Waals surface area contributed by atoms with Crippen LogP contribution in [0.25, 0.3) is 0 Å². The summed E-state index contributed by atoms with van der Waals surface area (Å²) in [5.74, 6) is -0.417. The Hall–Kier alpha value is -1.58. The minimum Gasteiger partial charge on any atom is -0.278 e. The summed E-state index contributed by atoms with van der Waals surface area (Å²) in [6, 6.07) is 9.93. The first-order valence-electron chi connectivity index (χ1n) is 5.57. The highest BCUT2D eigenvalue weighted by atomic mass is 35.5. The second-order valence-electron chi connectivity index (χ2n) is 3.97. The van der Waals surface area contributed by atoms with Crippen LogP contribution in [0.1, 0.15) is 11.1 Å². The second-order valence-corrected chi connectivity index (χ2v) is 4.78. The van der Waals surface area contributed by atoms with Crippen molar-refractivity contribution in [2.75, 3.05) is 5.43 Å². The fraction of sp³-hybridized carbons (Fsp3) is 0.0714. The van der Waals surface area contributed by atoms with Crippen molar-refractivity contribution < 1.29 is 4.39 Å². The number of aryl methyl sites for hydroxylation is 1. The zero-order chi connectivity index (χ0) is 13.8. The minimum atomic E-state index is -0.417. The maximum absolute atomic E-state index is 13.5. The molecule has 2 aromatic rings. The van der Waals surface area contributed by atoms with Crippen molar-refractivity contribution in [3.63, 3.8) is 0 Å². The summed E-state index contributed by atoms with van der Waals surface area (Å²) >= 11 is 11.9. The molecule has 0 spiro atoms. The number of hydrogen-bond donors (Lipinski definition) is 1. The Morgan fingerprint density at radius 3 is 2.63 bits per heavy atom. The van der Waals surface area contributed by atoms with Gasteiger partial charge in [0.2, 0.25) is 0 Å². The van der Waals surface area contributed by atoms with Gasteiger partial charge in [-0.3, -0.25) is 5.43 Å². The fourth-order valence-electron chi connectivity index (χ4n) is 1.47. The van der Waals surface area contributed by atoms with Crippen LogP contribution in [0.5, 0.6) is 0 Å². The summed E-state index contributed by atoms with van der Waals surface area (Å²) in [6.07, 6.45) is 1.34. The van der Waals surface area contributed by atoms with E-state index in [4.69, 9.17) is 23.2 Å². The van der Waals surface area contributed by atoms with Gasteiger partial charge in [-0.15, -0.1) is 0 Å². The molecule has 2 nitrogen and oxygen atoms in total. The van der Waals surface area contributed by atoms with Crippen LogP contribution >= 0.6 is 23.2 Å². The molecular formula is C14H11Cl2FN2. The molecule has 98 valence electrons. The lowest BCUT2D eigenvalue weighted by atomic mass is 10.2. The largest absolute Gasteiger partial charge is 0.278 e. The lowest BCUT2D eigenvalue weighted by Gasteiger charge is -2.03. The van der Waals surface area contributed by atoms with Gasteiger partial charge < -0.3 is 0 Å². The Balaban J connectivity index is 2.13. The zero-order valence-electron chi connectivity index (χ0n) is 10.1. The third-order valence-electron chi connectivity index (χ3n) is 2.56. The van der Waals surface area contributed by atoms with Crippen LogP contribution in [0.2, 0.25) is 10.0 Å². The molecule has 0 amide bonds. The van der Waals surface area contributed by atoms with Crippen LogP contribution in [0.15, 0.2) is 41.5 Å². The molecule has 0 unspecified atom stereocenters. The molecule has 0 heterocycles. The Bertz CT molecular complexity index is 607. The highest BCUT2D eigenvalue weighted by molar-refractivity contribution is 6.33. The first-order valence-corrected chi connectivity index (χ1v) is 6.33. The van der Waals surface area contributed by atoms with Crippen LogP contribution < -0.4 is 5.43 Å². The number of anilines is 1. The molecule has 1 N–H and O–H groups in total. The van der Waals surface area contributed by atoms with E-state index in [-0.39, 0.29) is 5.56 Å². The smallest absolute Gasteiger partial charge is 0.133 e. The van der Waals surface area contributed by atoms with Crippen molar-refractivity contribution >= 4 is 35.1 Å². The lowest BCUT2D eigenvalue weighted by molar-refractivity contribution is 0.626. The summed E-state index contributed by atoms with van der Waals surface area (Å²) < 4.78 is 13.5. The predicted octanol–water partition coefficient (Wildman–Crippen LogP) is 4.89. The van der Waals surface area contributed by atoms with Gasteiger partial charge in [0.05, 0.1) is 16.9 Å². The van der Waals surface area contributed by atoms with Crippen LogP contribution in [0, 0.1) is 12.7 Å². The topological polar surface area (TPSA) is 24.4 Å². The molecule has 5 heteroatoms. The molecule has 0 aromatic heterocycles. The summed E-state index contributed by atoms with van der Waals surface area (Å²) in [4.78, 5) is 0. The average molecular weight is 297 g/mol. The van der Waals surface area contributed by atoms with Crippen molar-refractivity contribution in [3.8, 4) is 0 Å². The van der Waals surface area contributed by atoms with Gasteiger partial charge in [-0.25, -0.2) is 4.39 Å². The van der Waals surface area contributed by atoms with E-state index in [2.05, 4.69) is 10.5 Å². The molecule has 19 heavy (non-hydrogen) atoms. The second kappa shape index (κ2) is 6.04. The number of benzene rings is 2. The molecule has 0 saturated heterocycles. The number of hydrogen-bond acceptors (Lipinski definition) is 2. The molecule has 0 saturated carbocycles. The van der Waals surface area contributed by atoms with E-state index in [0.29, 0.717) is 10.0 Å². The number of nitrogens with one attached hydrogen (secondary N) is 1. The molecule has 0 bridgehead atoms. The van der Waals surface area contributed by atoms with Crippen molar-refractivity contribution in [1.82, 2.24) is 0 Å². The number of halogens is 3. The molecular weight excluding hydrogens is 286 g/mol. The van der Waals surface area contributed by atoms with Gasteiger partial charge >= 0.3 is 0 Å². The van der Waals surface area contributed by atoms with Crippen molar-refractivity contribution in [1.29, 1.82) is 0 Å². The predicted molar refractivity (Wildman–Crippen MR) is 78.8 cm³/mol. The average Bonchev–Trinajstić information content (AvgIpc) is 2.37. The van der Waals surface area contributed by atoms with Crippen LogP contribution in [0.4, 0.5) is 10.1 Å². The third-order valence-corrected chi connectivity index (χ3v) is 3.30. The van der Waals surface area contributed by atoms with E-state index in [1.165, 1.54) is 12.3 Å². The van der Waals surface area contributed by atoms with E-state index < -0.39 is 5.82 Å². The molecule has 2 rings (SSSR count). The lowest BCUT2D eigenvalue weighted by Crippen LogP contribution is -1.94. The molecule has 0 fully saturated rings. The molecule has 0 aliphatic carbocycles. The van der Waals surface area contributed by atoms with E-state index in [1.807, 2.05) is 19.1 Å². The van der Waals surface area contributed by atoms with Crippen LogP contribution in [0.3, 0.4) is 0 Å². The van der Waals surface area contributed by atoms with Gasteiger partial charge in [-0.1, -0.05) is 35.3 Å². The van der Waals surface area contributed by atoms with Gasteiger partial charge in [-0.2, -0.15) is 5.10 Å². The molecule has 0 atom stereocenters. The van der Waals surface area contributed by atoms with Crippen molar-refractivity contribution in [2.24, 2.45) is 5.10 Å². The minimum absolute atomic E-state index is 0.245. The quantitative estimate of drug-likeness (QED) is 0.633. The Morgan fingerprint density at radius 1 is 1.16 bits per heavy atom. The molecule has 2 aromatic carbocycles. The number of hydrazone groups is 1. The number of rotatable bonds is 3. The fourth-order valence-corrected chi connectivity index (χ4v) is 1.86. The van der Waals surface area contributed by atoms with Crippen LogP contribution in [-0.4, -0.2) is 6.21 Å². The highest BCUT2D eigenvalue weighted by Crippen LogP contribution is 2.20. The van der Waals surface area contributed by atoms with Crippen molar-refractivity contribution in [3.05, 3.63) is 63.4 Å². The molecule has 0 aliphatic rings. The van der Waals surface area contributed by atoms with Gasteiger partial charge in [0.25, 0.3) is 0 Å². The monoisotopic (exact) mass is 296 g/mol. The third kappa shape index (κ3) is 3.46. The summed E-state index contributed by atoms with van der Waals surface area (Å²) in [5, 5.41) is 4.90. The van der Waals surface area contributed by atoms with Gasteiger partial charge in [-0.05, 0) is 36.8 Å².